The zero-order valence-electron chi connectivity index (χ0n) is 15.9. The highest BCUT2D eigenvalue weighted by Gasteiger charge is 2.18. The maximum Gasteiger partial charge on any atom is 0.261 e. The van der Waals surface area contributed by atoms with E-state index < -0.39 is 11.0 Å². The van der Waals surface area contributed by atoms with Crippen LogP contribution < -0.4 is 10.9 Å². The summed E-state index contributed by atoms with van der Waals surface area (Å²) in [6.07, 6.45) is 4.72. The highest BCUT2D eigenvalue weighted by molar-refractivity contribution is 7.82. The molecule has 1 aliphatic rings. The molecule has 4 rings (SSSR count). The topological polar surface area (TPSA) is 84.3 Å². The van der Waals surface area contributed by atoms with Crippen LogP contribution in [0.1, 0.15) is 19.3 Å². The number of rotatable bonds is 5. The summed E-state index contributed by atoms with van der Waals surface area (Å²) in [7, 11) is -1.17. The summed E-state index contributed by atoms with van der Waals surface area (Å²) in [6, 6.07) is 14.0. The first-order valence-corrected chi connectivity index (χ1v) is 10.7. The number of nitrogens with zero attached hydrogens (tertiary/aromatic N) is 3. The van der Waals surface area contributed by atoms with Crippen molar-refractivity contribution in [2.75, 3.05) is 18.4 Å². The Balaban J connectivity index is 1.42. The number of para-hydroxylation sites is 1. The van der Waals surface area contributed by atoms with Crippen LogP contribution in [-0.2, 0) is 22.3 Å². The Kier molecular flexibility index (Phi) is 5.82. The van der Waals surface area contributed by atoms with Crippen LogP contribution in [0.2, 0.25) is 0 Å². The van der Waals surface area contributed by atoms with E-state index in [1.165, 1.54) is 17.3 Å². The van der Waals surface area contributed by atoms with E-state index in [0.717, 1.165) is 30.8 Å². The summed E-state index contributed by atoms with van der Waals surface area (Å²) in [5, 5.41) is 3.25. The maximum atomic E-state index is 12.6. The van der Waals surface area contributed by atoms with Crippen molar-refractivity contribution in [2.45, 2.75) is 30.7 Å². The Morgan fingerprint density at radius 3 is 2.52 bits per heavy atom. The molecule has 1 N–H and O–H groups in total. The van der Waals surface area contributed by atoms with E-state index in [-0.39, 0.29) is 18.0 Å². The van der Waals surface area contributed by atoms with Crippen molar-refractivity contribution in [3.05, 3.63) is 65.2 Å². The van der Waals surface area contributed by atoms with E-state index in [1.807, 2.05) is 10.4 Å². The minimum atomic E-state index is -1.17. The number of aromatic nitrogens is 2. The van der Waals surface area contributed by atoms with E-state index in [2.05, 4.69) is 10.3 Å². The molecule has 1 unspecified atom stereocenters. The Bertz CT molecular complexity index is 1100. The zero-order valence-corrected chi connectivity index (χ0v) is 16.7. The Morgan fingerprint density at radius 1 is 1.03 bits per heavy atom. The second-order valence-electron chi connectivity index (χ2n) is 7.01. The number of benzene rings is 2. The standard InChI is InChI=1S/C21H22N4O3S/c26-20(14-24-15-22-19-7-3-2-6-18(19)21(24)27)23-16-8-10-17(11-9-16)29(28)25-12-4-1-5-13-25/h2-3,6-11,15H,1,4-5,12-14H2,(H,23,26). The third-order valence-electron chi connectivity index (χ3n) is 4.93. The van der Waals surface area contributed by atoms with Crippen molar-refractivity contribution in [3.63, 3.8) is 0 Å². The molecule has 29 heavy (non-hydrogen) atoms. The number of piperidine rings is 1. The average molecular weight is 410 g/mol. The van der Waals surface area contributed by atoms with Gasteiger partial charge in [0, 0.05) is 18.8 Å². The second kappa shape index (κ2) is 8.67. The predicted molar refractivity (Wildman–Crippen MR) is 113 cm³/mol. The van der Waals surface area contributed by atoms with E-state index in [1.54, 1.807) is 42.5 Å². The molecular weight excluding hydrogens is 388 g/mol. The molecule has 8 heteroatoms. The normalized spacial score (nSPS) is 15.9. The van der Waals surface area contributed by atoms with Crippen molar-refractivity contribution >= 4 is 33.5 Å². The minimum absolute atomic E-state index is 0.127. The number of hydrogen-bond donors (Lipinski definition) is 1. The largest absolute Gasteiger partial charge is 0.325 e. The van der Waals surface area contributed by atoms with Gasteiger partial charge >= 0.3 is 0 Å². The average Bonchev–Trinajstić information content (AvgIpc) is 2.76. The van der Waals surface area contributed by atoms with Gasteiger partial charge in [0.05, 0.1) is 22.1 Å². The number of nitrogens with one attached hydrogen (secondary N) is 1. The third-order valence-corrected chi connectivity index (χ3v) is 6.44. The van der Waals surface area contributed by atoms with Crippen LogP contribution in [-0.4, -0.2) is 37.1 Å². The highest BCUT2D eigenvalue weighted by atomic mass is 32.2. The van der Waals surface area contributed by atoms with Crippen LogP contribution in [0.15, 0.2) is 64.5 Å². The molecule has 150 valence electrons. The number of carbonyl (C=O) groups is 1. The predicted octanol–water partition coefficient (Wildman–Crippen LogP) is 2.54. The molecule has 1 amide bonds. The molecule has 0 bridgehead atoms. The Morgan fingerprint density at radius 2 is 1.76 bits per heavy atom. The molecule has 1 fully saturated rings. The van der Waals surface area contributed by atoms with E-state index >= 15 is 0 Å². The van der Waals surface area contributed by atoms with Crippen molar-refractivity contribution in [3.8, 4) is 0 Å². The number of amides is 1. The van der Waals surface area contributed by atoms with Gasteiger partial charge in [-0.3, -0.25) is 14.2 Å². The summed E-state index contributed by atoms with van der Waals surface area (Å²) in [5.41, 5.74) is 0.945. The molecule has 7 nitrogen and oxygen atoms in total. The number of carbonyl (C=O) groups excluding carboxylic acids is 1. The first kappa shape index (κ1) is 19.5. The van der Waals surface area contributed by atoms with Crippen molar-refractivity contribution < 1.29 is 9.00 Å². The molecule has 1 aliphatic heterocycles. The monoisotopic (exact) mass is 410 g/mol. The second-order valence-corrected chi connectivity index (χ2v) is 8.49. The van der Waals surface area contributed by atoms with Crippen LogP contribution >= 0.6 is 0 Å². The van der Waals surface area contributed by atoms with Gasteiger partial charge in [-0.15, -0.1) is 0 Å². The quantitative estimate of drug-likeness (QED) is 0.701. The third kappa shape index (κ3) is 4.44. The van der Waals surface area contributed by atoms with Gasteiger partial charge in [0.15, 0.2) is 0 Å². The molecule has 1 saturated heterocycles. The lowest BCUT2D eigenvalue weighted by atomic mass is 10.2. The van der Waals surface area contributed by atoms with E-state index in [9.17, 15) is 13.8 Å². The van der Waals surface area contributed by atoms with Gasteiger partial charge in [0.1, 0.15) is 17.5 Å². The molecule has 2 heterocycles. The molecule has 0 radical (unpaired) electrons. The smallest absolute Gasteiger partial charge is 0.261 e. The molecule has 1 atom stereocenters. The van der Waals surface area contributed by atoms with Gasteiger partial charge in [-0.1, -0.05) is 18.6 Å². The molecule has 2 aromatic carbocycles. The fourth-order valence-corrected chi connectivity index (χ4v) is 4.67. The van der Waals surface area contributed by atoms with Crippen molar-refractivity contribution in [1.82, 2.24) is 13.9 Å². The zero-order chi connectivity index (χ0) is 20.2. The summed E-state index contributed by atoms with van der Waals surface area (Å²) >= 11 is 0. The van der Waals surface area contributed by atoms with E-state index in [0.29, 0.717) is 16.6 Å². The first-order chi connectivity index (χ1) is 14.1. The molecular formula is C21H22N4O3S. The maximum absolute atomic E-state index is 12.6. The first-order valence-electron chi connectivity index (χ1n) is 9.63. The molecule has 1 aromatic heterocycles. The Labute approximate surface area is 171 Å². The van der Waals surface area contributed by atoms with Crippen LogP contribution in [0.5, 0.6) is 0 Å². The van der Waals surface area contributed by atoms with Crippen molar-refractivity contribution in [2.24, 2.45) is 0 Å². The van der Waals surface area contributed by atoms with Crippen LogP contribution in [0.3, 0.4) is 0 Å². The molecule has 0 aliphatic carbocycles. The van der Waals surface area contributed by atoms with Gasteiger partial charge in [-0.05, 0) is 49.2 Å². The van der Waals surface area contributed by atoms with Gasteiger partial charge in [-0.25, -0.2) is 13.5 Å². The lowest BCUT2D eigenvalue weighted by molar-refractivity contribution is -0.116. The van der Waals surface area contributed by atoms with Gasteiger partial charge in [-0.2, -0.15) is 0 Å². The molecule has 3 aromatic rings. The van der Waals surface area contributed by atoms with Crippen molar-refractivity contribution in [1.29, 1.82) is 0 Å². The molecule has 0 saturated carbocycles. The van der Waals surface area contributed by atoms with Crippen LogP contribution in [0.25, 0.3) is 10.9 Å². The van der Waals surface area contributed by atoms with Gasteiger partial charge in [0.25, 0.3) is 5.56 Å². The summed E-state index contributed by atoms with van der Waals surface area (Å²) in [5.74, 6) is -0.325. The van der Waals surface area contributed by atoms with Crippen LogP contribution in [0.4, 0.5) is 5.69 Å². The lowest BCUT2D eigenvalue weighted by Gasteiger charge is -2.25. The molecule has 0 spiro atoms. The van der Waals surface area contributed by atoms with E-state index in [4.69, 9.17) is 0 Å². The summed E-state index contributed by atoms with van der Waals surface area (Å²) < 4.78 is 15.9. The van der Waals surface area contributed by atoms with Gasteiger partial charge in [0.2, 0.25) is 5.91 Å². The number of hydrogen-bond acceptors (Lipinski definition) is 4. The fourth-order valence-electron chi connectivity index (χ4n) is 3.41. The Hall–Kier alpha value is -2.84. The number of anilines is 1. The SMILES string of the molecule is O=C(Cn1cnc2ccccc2c1=O)Nc1ccc(S(=O)N2CCCCC2)cc1. The van der Waals surface area contributed by atoms with Gasteiger partial charge < -0.3 is 5.32 Å². The summed E-state index contributed by atoms with van der Waals surface area (Å²) in [6.45, 7) is 1.57. The minimum Gasteiger partial charge on any atom is -0.325 e. The van der Waals surface area contributed by atoms with Crippen LogP contribution in [0, 0.1) is 0 Å². The summed E-state index contributed by atoms with van der Waals surface area (Å²) in [4.78, 5) is 29.8. The fraction of sp³-hybridized carbons (Fsp3) is 0.286. The number of fused-ring (bicyclic) bond motifs is 1. The lowest BCUT2D eigenvalue weighted by Crippen LogP contribution is -2.31. The highest BCUT2D eigenvalue weighted by Crippen LogP contribution is 2.19.